The van der Waals surface area contributed by atoms with Gasteiger partial charge in [-0.3, -0.25) is 4.79 Å². The van der Waals surface area contributed by atoms with Crippen LogP contribution in [-0.2, 0) is 25.8 Å². The highest BCUT2D eigenvalue weighted by atomic mass is 32.4. The van der Waals surface area contributed by atoms with Gasteiger partial charge in [-0.2, -0.15) is 0 Å². The monoisotopic (exact) mass is 593 g/mol. The summed E-state index contributed by atoms with van der Waals surface area (Å²) in [7, 11) is 1.55. The summed E-state index contributed by atoms with van der Waals surface area (Å²) in [5.74, 6) is 1.04. The molecule has 0 spiro atoms. The van der Waals surface area contributed by atoms with Gasteiger partial charge in [-0.1, -0.05) is 107 Å². The van der Waals surface area contributed by atoms with E-state index < -0.39 is 14.4 Å². The van der Waals surface area contributed by atoms with Gasteiger partial charge in [0.1, 0.15) is 5.44 Å². The Hall–Kier alpha value is -1.12. The van der Waals surface area contributed by atoms with Crippen LogP contribution in [0.15, 0.2) is 60.7 Å². The first-order chi connectivity index (χ1) is 18.1. The lowest BCUT2D eigenvalue weighted by Gasteiger charge is -2.46. The van der Waals surface area contributed by atoms with Gasteiger partial charge in [0.2, 0.25) is 5.91 Å². The molecule has 1 amide bonds. The third-order valence-electron chi connectivity index (χ3n) is 7.53. The first-order valence-electron chi connectivity index (χ1n) is 13.2. The summed E-state index contributed by atoms with van der Waals surface area (Å²) in [6.07, 6.45) is 0.568. The van der Waals surface area contributed by atoms with Crippen molar-refractivity contribution in [1.82, 2.24) is 5.32 Å². The van der Waals surface area contributed by atoms with Crippen molar-refractivity contribution in [2.45, 2.75) is 70.1 Å². The molecule has 2 aromatic rings. The maximum absolute atomic E-state index is 11.6. The van der Waals surface area contributed by atoms with Crippen molar-refractivity contribution in [1.29, 1.82) is 0 Å². The van der Waals surface area contributed by atoms with Gasteiger partial charge in [-0.25, -0.2) is 0 Å². The Labute approximate surface area is 241 Å². The van der Waals surface area contributed by atoms with Crippen LogP contribution >= 0.6 is 19.8 Å². The van der Waals surface area contributed by atoms with Crippen molar-refractivity contribution in [3.63, 3.8) is 0 Å². The molecule has 5 nitrogen and oxygen atoms in total. The molecule has 0 bridgehead atoms. The van der Waals surface area contributed by atoms with Gasteiger partial charge < -0.3 is 19.6 Å². The van der Waals surface area contributed by atoms with E-state index in [0.29, 0.717) is 13.0 Å². The van der Waals surface area contributed by atoms with E-state index in [2.05, 4.69) is 120 Å². The summed E-state index contributed by atoms with van der Waals surface area (Å²) in [5.41, 5.74) is -0.325. The molecule has 0 radical (unpaired) electrons. The fourth-order valence-corrected chi connectivity index (χ4v) is 10.9. The van der Waals surface area contributed by atoms with E-state index in [9.17, 15) is 9.90 Å². The van der Waals surface area contributed by atoms with E-state index in [0.717, 1.165) is 12.2 Å². The van der Waals surface area contributed by atoms with E-state index in [1.54, 1.807) is 18.8 Å². The molecule has 9 heteroatoms. The molecule has 1 fully saturated rings. The summed E-state index contributed by atoms with van der Waals surface area (Å²) in [4.78, 5) is 11.6. The van der Waals surface area contributed by atoms with Crippen molar-refractivity contribution in [3.05, 3.63) is 60.7 Å². The first-order valence-corrected chi connectivity index (χ1v) is 17.8. The lowest BCUT2D eigenvalue weighted by molar-refractivity contribution is -0.143. The molecular weight excluding hydrogens is 550 g/mol. The van der Waals surface area contributed by atoms with Crippen LogP contribution in [0.2, 0.25) is 5.04 Å². The Bertz CT molecular complexity index is 940. The molecule has 210 valence electrons. The molecule has 1 saturated heterocycles. The van der Waals surface area contributed by atoms with E-state index >= 15 is 0 Å². The van der Waals surface area contributed by atoms with Crippen molar-refractivity contribution in [2.24, 2.45) is 11.8 Å². The second-order valence-corrected chi connectivity index (χ2v) is 16.4. The minimum atomic E-state index is -2.67. The van der Waals surface area contributed by atoms with Gasteiger partial charge >= 0.3 is 0 Å². The largest absolute Gasteiger partial charge is 0.405 e. The average Bonchev–Trinajstić information content (AvgIpc) is 2.93. The summed E-state index contributed by atoms with van der Waals surface area (Å²) in [6.45, 7) is 11.6. The van der Waals surface area contributed by atoms with Crippen molar-refractivity contribution < 1.29 is 19.1 Å². The van der Waals surface area contributed by atoms with Crippen molar-refractivity contribution in [2.75, 3.05) is 19.4 Å². The van der Waals surface area contributed by atoms with Crippen molar-refractivity contribution >= 4 is 56.2 Å². The number of thioether (sulfide) groups is 1. The van der Waals surface area contributed by atoms with Gasteiger partial charge in [-0.15, -0.1) is 11.8 Å². The maximum atomic E-state index is 11.6. The molecule has 2 aromatic carbocycles. The quantitative estimate of drug-likeness (QED) is 0.235. The third-order valence-corrected chi connectivity index (χ3v) is 13.8. The molecule has 1 heterocycles. The van der Waals surface area contributed by atoms with Gasteiger partial charge in [0, 0.05) is 13.5 Å². The topological polar surface area (TPSA) is 67.8 Å². The summed E-state index contributed by atoms with van der Waals surface area (Å²) >= 11 is 5.49. The zero-order valence-corrected chi connectivity index (χ0v) is 27.1. The van der Waals surface area contributed by atoms with Crippen LogP contribution in [0, 0.1) is 11.8 Å². The minimum absolute atomic E-state index is 0.0410. The van der Waals surface area contributed by atoms with E-state index in [1.165, 1.54) is 10.4 Å². The van der Waals surface area contributed by atoms with E-state index in [4.69, 9.17) is 9.16 Å². The number of nitrogens with one attached hydrogen (secondary N) is 1. The number of ether oxygens (including phenoxy) is 1. The number of aliphatic hydroxyl groups excluding tert-OH is 1. The molecule has 1 aliphatic heterocycles. The van der Waals surface area contributed by atoms with E-state index in [-0.39, 0.29) is 34.3 Å². The summed E-state index contributed by atoms with van der Waals surface area (Å²) in [5, 5.41) is 16.0. The first kappa shape index (κ1) is 33.1. The van der Waals surface area contributed by atoms with Crippen LogP contribution in [0.3, 0.4) is 0 Å². The Balaban J connectivity index is 0.00000247. The molecule has 0 saturated carbocycles. The predicted molar refractivity (Wildman–Crippen MR) is 168 cm³/mol. The fourth-order valence-electron chi connectivity index (χ4n) is 5.13. The molecule has 5 atom stereocenters. The van der Waals surface area contributed by atoms with Crippen LogP contribution in [0.5, 0.6) is 0 Å². The Kier molecular flexibility index (Phi) is 13.6. The molecule has 0 aromatic heterocycles. The zero-order valence-electron chi connectivity index (χ0n) is 23.5. The predicted octanol–water partition coefficient (Wildman–Crippen LogP) is 4.77. The second-order valence-electron chi connectivity index (χ2n) is 10.9. The normalized spacial score (nSPS) is 23.7. The van der Waals surface area contributed by atoms with Gasteiger partial charge in [0.25, 0.3) is 8.32 Å². The van der Waals surface area contributed by atoms with Gasteiger partial charge in [0.05, 0.1) is 18.8 Å². The Morgan fingerprint density at radius 3 is 2.05 bits per heavy atom. The second kappa shape index (κ2) is 15.6. The summed E-state index contributed by atoms with van der Waals surface area (Å²) < 4.78 is 13.7. The number of hydrogen-bond donors (Lipinski definition) is 2. The number of aliphatic hydroxyl groups is 1. The van der Waals surface area contributed by atoms with Crippen LogP contribution in [0.4, 0.5) is 0 Å². The molecular formula is C29H44NO4PS2Si. The van der Waals surface area contributed by atoms with Crippen LogP contribution in [-0.4, -0.2) is 56.4 Å². The molecule has 1 aliphatic rings. The van der Waals surface area contributed by atoms with Crippen molar-refractivity contribution in [3.8, 4) is 0 Å². The molecule has 2 N–H and O–H groups in total. The SMILES string of the molecule is CNC(=O)CCCS[C@@H]1OC(CO[Si](c2ccccc2)(c2ccccc2)C(C)(C)C)[C@H](C)[C@H](C)C1O.P=S. The molecule has 2 unspecified atom stereocenters. The number of carbonyl (C=O) groups excluding carboxylic acids is 1. The number of amides is 1. The maximum Gasteiger partial charge on any atom is 0.261 e. The third kappa shape index (κ3) is 7.97. The van der Waals surface area contributed by atoms with Gasteiger partial charge in [-0.05, 0) is 47.4 Å². The standard InChI is InChI=1S/C29H43NO4SSi.HPS/c1-21-22(2)27(32)28(35-19-13-18-26(31)30-6)34-25(21)20-33-36(29(3,4)5,23-14-9-7-10-15-23)24-16-11-8-12-17-24;1-2/h7-12,14-17,21-22,25,27-28,32H,13,18-20H2,1-6H3,(H,30,31);1H/t21-,22+,25?,27?,28+;/m1./s1. The Morgan fingerprint density at radius 1 is 1.05 bits per heavy atom. The average molecular weight is 594 g/mol. The molecule has 38 heavy (non-hydrogen) atoms. The highest BCUT2D eigenvalue weighted by molar-refractivity contribution is 7.99. The van der Waals surface area contributed by atoms with Crippen LogP contribution in [0.1, 0.15) is 47.5 Å². The highest BCUT2D eigenvalue weighted by Gasteiger charge is 2.51. The molecule has 0 aliphatic carbocycles. The lowest BCUT2D eigenvalue weighted by Crippen LogP contribution is -2.67. The highest BCUT2D eigenvalue weighted by Crippen LogP contribution is 2.39. The Morgan fingerprint density at radius 2 is 1.58 bits per heavy atom. The smallest absolute Gasteiger partial charge is 0.261 e. The number of carbonyl (C=O) groups is 1. The number of benzene rings is 2. The summed E-state index contributed by atoms with van der Waals surface area (Å²) in [6, 6.07) is 21.3. The molecule has 3 rings (SSSR count). The lowest BCUT2D eigenvalue weighted by atomic mass is 9.84. The fraction of sp³-hybridized carbons (Fsp3) is 0.552. The number of rotatable bonds is 10. The van der Waals surface area contributed by atoms with Crippen LogP contribution in [0.25, 0.3) is 0 Å². The zero-order chi connectivity index (χ0) is 28.3. The minimum Gasteiger partial charge on any atom is -0.405 e. The van der Waals surface area contributed by atoms with Gasteiger partial charge in [0.15, 0.2) is 0 Å². The van der Waals surface area contributed by atoms with E-state index in [1.807, 2.05) is 0 Å². The van der Waals surface area contributed by atoms with Crippen LogP contribution < -0.4 is 15.7 Å². The number of hydrogen-bond acceptors (Lipinski definition) is 6.